The number of hydrogen-bond donors (Lipinski definition) is 3. The van der Waals surface area contributed by atoms with Gasteiger partial charge in [0, 0.05) is 61.4 Å². The van der Waals surface area contributed by atoms with Crippen molar-refractivity contribution in [2.45, 2.75) is 53.0 Å². The van der Waals surface area contributed by atoms with E-state index in [1.807, 2.05) is 30.0 Å². The van der Waals surface area contributed by atoms with Crippen LogP contribution in [0.3, 0.4) is 0 Å². The van der Waals surface area contributed by atoms with Gasteiger partial charge in [0.2, 0.25) is 5.91 Å². The van der Waals surface area contributed by atoms with Crippen molar-refractivity contribution in [1.82, 2.24) is 15.2 Å². The van der Waals surface area contributed by atoms with Gasteiger partial charge in [0.1, 0.15) is 5.84 Å². The molecular formula is C27H34N6O2. The molecule has 0 aliphatic carbocycles. The molecule has 2 aliphatic heterocycles. The van der Waals surface area contributed by atoms with Crippen LogP contribution >= 0.6 is 0 Å². The van der Waals surface area contributed by atoms with Gasteiger partial charge in [-0.05, 0) is 55.2 Å². The van der Waals surface area contributed by atoms with Crippen LogP contribution in [0.2, 0.25) is 0 Å². The smallest absolute Gasteiger partial charge is 0.256 e. The fraction of sp³-hybridized carbons (Fsp3) is 0.407. The summed E-state index contributed by atoms with van der Waals surface area (Å²) < 4.78 is 0. The number of fused-ring (bicyclic) bond motifs is 2. The normalized spacial score (nSPS) is 14.7. The van der Waals surface area contributed by atoms with Gasteiger partial charge in [-0.3, -0.25) is 14.6 Å². The van der Waals surface area contributed by atoms with Crippen molar-refractivity contribution in [2.75, 3.05) is 25.0 Å². The Hall–Kier alpha value is -3.52. The molecule has 35 heavy (non-hydrogen) atoms. The SMILES string of the molecule is CCCN(CCC)C(=O)C1=Cc2cc(C)c(C(=O)Nc3cnc4c(c3)CNCC4)cc2N=C(N)C1. The summed E-state index contributed by atoms with van der Waals surface area (Å²) in [6.45, 7) is 9.10. The summed E-state index contributed by atoms with van der Waals surface area (Å²) in [5.41, 5.74) is 12.3. The van der Waals surface area contributed by atoms with E-state index in [0.717, 1.165) is 54.7 Å². The summed E-state index contributed by atoms with van der Waals surface area (Å²) in [4.78, 5) is 37.3. The van der Waals surface area contributed by atoms with Crippen LogP contribution in [0.1, 0.15) is 65.9 Å². The van der Waals surface area contributed by atoms with Gasteiger partial charge in [-0.1, -0.05) is 13.8 Å². The highest BCUT2D eigenvalue weighted by atomic mass is 16.2. The van der Waals surface area contributed by atoms with Crippen molar-refractivity contribution in [3.8, 4) is 0 Å². The molecule has 0 unspecified atom stereocenters. The van der Waals surface area contributed by atoms with Gasteiger partial charge >= 0.3 is 0 Å². The number of rotatable bonds is 7. The molecule has 4 N–H and O–H groups in total. The molecule has 0 saturated heterocycles. The van der Waals surface area contributed by atoms with Crippen molar-refractivity contribution >= 4 is 35.1 Å². The predicted octanol–water partition coefficient (Wildman–Crippen LogP) is 3.71. The van der Waals surface area contributed by atoms with Crippen LogP contribution in [-0.2, 0) is 17.8 Å². The number of amides is 2. The van der Waals surface area contributed by atoms with Crippen molar-refractivity contribution in [3.05, 3.63) is 57.9 Å². The minimum Gasteiger partial charge on any atom is -0.387 e. The second-order valence-corrected chi connectivity index (χ2v) is 9.18. The lowest BCUT2D eigenvalue weighted by Crippen LogP contribution is -2.34. The van der Waals surface area contributed by atoms with Crippen LogP contribution in [-0.4, -0.2) is 47.2 Å². The van der Waals surface area contributed by atoms with E-state index in [4.69, 9.17) is 5.73 Å². The average Bonchev–Trinajstić information content (AvgIpc) is 3.00. The van der Waals surface area contributed by atoms with Gasteiger partial charge in [-0.25, -0.2) is 4.99 Å². The lowest BCUT2D eigenvalue weighted by molar-refractivity contribution is -0.127. The first-order chi connectivity index (χ1) is 16.9. The van der Waals surface area contributed by atoms with Crippen molar-refractivity contribution in [2.24, 2.45) is 10.7 Å². The third kappa shape index (κ3) is 5.59. The maximum atomic E-state index is 13.2. The molecule has 0 bridgehead atoms. The monoisotopic (exact) mass is 474 g/mol. The number of aryl methyl sites for hydroxylation is 1. The molecular weight excluding hydrogens is 440 g/mol. The van der Waals surface area contributed by atoms with Crippen molar-refractivity contribution in [3.63, 3.8) is 0 Å². The fourth-order valence-electron chi connectivity index (χ4n) is 4.61. The van der Waals surface area contributed by atoms with E-state index in [9.17, 15) is 9.59 Å². The third-order valence-corrected chi connectivity index (χ3v) is 6.30. The molecule has 184 valence electrons. The first-order valence-electron chi connectivity index (χ1n) is 12.4. The Bertz CT molecular complexity index is 1190. The summed E-state index contributed by atoms with van der Waals surface area (Å²) in [5, 5.41) is 6.29. The quantitative estimate of drug-likeness (QED) is 0.566. The molecule has 2 amide bonds. The molecule has 0 spiro atoms. The minimum atomic E-state index is -0.230. The fourth-order valence-corrected chi connectivity index (χ4v) is 4.61. The number of nitrogens with zero attached hydrogens (tertiary/aromatic N) is 3. The Kier molecular flexibility index (Phi) is 7.60. The molecule has 3 heterocycles. The standard InChI is InChI=1S/C27H34N6O2/c1-4-8-33(9-5-2)27(35)19-11-18-10-17(3)22(14-24(18)32-25(28)13-19)26(34)31-21-12-20-15-29-7-6-23(20)30-16-21/h10-12,14,16,29H,4-9,13,15H2,1-3H3,(H2,28,32)(H,31,34). The second kappa shape index (κ2) is 10.8. The van der Waals surface area contributed by atoms with Crippen LogP contribution in [0.15, 0.2) is 35.0 Å². The third-order valence-electron chi connectivity index (χ3n) is 6.30. The van der Waals surface area contributed by atoms with E-state index in [1.165, 1.54) is 0 Å². The maximum absolute atomic E-state index is 13.2. The van der Waals surface area contributed by atoms with Gasteiger partial charge in [0.25, 0.3) is 5.91 Å². The molecule has 1 aromatic heterocycles. The Morgan fingerprint density at radius 2 is 1.94 bits per heavy atom. The van der Waals surface area contributed by atoms with Gasteiger partial charge in [0.15, 0.2) is 0 Å². The highest BCUT2D eigenvalue weighted by Crippen LogP contribution is 2.31. The second-order valence-electron chi connectivity index (χ2n) is 9.18. The number of hydrogen-bond acceptors (Lipinski definition) is 6. The molecule has 2 aliphatic rings. The molecule has 0 fully saturated rings. The van der Waals surface area contributed by atoms with Crippen LogP contribution in [0.5, 0.6) is 0 Å². The van der Waals surface area contributed by atoms with Crippen LogP contribution in [0.25, 0.3) is 6.08 Å². The van der Waals surface area contributed by atoms with Gasteiger partial charge in [-0.2, -0.15) is 0 Å². The molecule has 4 rings (SSSR count). The van der Waals surface area contributed by atoms with Gasteiger partial charge in [-0.15, -0.1) is 0 Å². The summed E-state index contributed by atoms with van der Waals surface area (Å²) in [6.07, 6.45) is 6.54. The first kappa shape index (κ1) is 24.6. The van der Waals surface area contributed by atoms with E-state index < -0.39 is 0 Å². The largest absolute Gasteiger partial charge is 0.387 e. The Morgan fingerprint density at radius 1 is 1.17 bits per heavy atom. The lowest BCUT2D eigenvalue weighted by atomic mass is 10.00. The topological polar surface area (TPSA) is 113 Å². The molecule has 8 nitrogen and oxygen atoms in total. The van der Waals surface area contributed by atoms with E-state index >= 15 is 0 Å². The molecule has 0 saturated carbocycles. The highest BCUT2D eigenvalue weighted by Gasteiger charge is 2.22. The Morgan fingerprint density at radius 3 is 2.69 bits per heavy atom. The lowest BCUT2D eigenvalue weighted by Gasteiger charge is -2.22. The zero-order valence-corrected chi connectivity index (χ0v) is 20.8. The first-order valence-corrected chi connectivity index (χ1v) is 12.4. The number of nitrogens with two attached hydrogens (primary N) is 1. The number of pyridine rings is 1. The number of carbonyl (C=O) groups is 2. The maximum Gasteiger partial charge on any atom is 0.256 e. The van der Waals surface area contributed by atoms with E-state index in [1.54, 1.807) is 12.3 Å². The average molecular weight is 475 g/mol. The highest BCUT2D eigenvalue weighted by molar-refractivity contribution is 6.08. The van der Waals surface area contributed by atoms with Crippen LogP contribution < -0.4 is 16.4 Å². The number of aliphatic imine (C=N–C) groups is 1. The molecule has 2 aromatic rings. The van der Waals surface area contributed by atoms with E-state index in [2.05, 4.69) is 34.5 Å². The van der Waals surface area contributed by atoms with Crippen LogP contribution in [0.4, 0.5) is 11.4 Å². The number of benzene rings is 1. The Labute approximate surface area is 206 Å². The minimum absolute atomic E-state index is 0.00595. The molecule has 8 heteroatoms. The Balaban J connectivity index is 1.61. The van der Waals surface area contributed by atoms with Crippen LogP contribution in [0, 0.1) is 6.92 Å². The predicted molar refractivity (Wildman–Crippen MR) is 140 cm³/mol. The summed E-state index contributed by atoms with van der Waals surface area (Å²) >= 11 is 0. The number of aromatic nitrogens is 1. The number of amidine groups is 1. The summed E-state index contributed by atoms with van der Waals surface area (Å²) in [6, 6.07) is 5.62. The molecule has 1 aromatic carbocycles. The van der Waals surface area contributed by atoms with Crippen molar-refractivity contribution < 1.29 is 9.59 Å². The summed E-state index contributed by atoms with van der Waals surface area (Å²) in [7, 11) is 0. The molecule has 0 radical (unpaired) electrons. The summed E-state index contributed by atoms with van der Waals surface area (Å²) in [5.74, 6) is 0.123. The van der Waals surface area contributed by atoms with E-state index in [0.29, 0.717) is 41.4 Å². The molecule has 0 atom stereocenters. The van der Waals surface area contributed by atoms with Crippen molar-refractivity contribution in [1.29, 1.82) is 0 Å². The number of carbonyl (C=O) groups excluding carboxylic acids is 2. The zero-order valence-electron chi connectivity index (χ0n) is 20.8. The number of anilines is 1. The van der Waals surface area contributed by atoms with E-state index in [-0.39, 0.29) is 18.2 Å². The van der Waals surface area contributed by atoms with Gasteiger partial charge < -0.3 is 21.3 Å². The van der Waals surface area contributed by atoms with Gasteiger partial charge in [0.05, 0.1) is 17.6 Å². The number of nitrogens with one attached hydrogen (secondary N) is 2. The zero-order chi connectivity index (χ0) is 24.9.